The molecule has 0 amide bonds. The highest BCUT2D eigenvalue weighted by atomic mass is 16.1. The molecule has 1 saturated carbocycles. The molecule has 21 heavy (non-hydrogen) atoms. The number of carbonyl (C=O) groups is 1. The Morgan fingerprint density at radius 3 is 2.29 bits per heavy atom. The summed E-state index contributed by atoms with van der Waals surface area (Å²) in [5.41, 5.74) is 4.83. The minimum absolute atomic E-state index is 0.316. The van der Waals surface area contributed by atoms with Crippen LogP contribution in [0.3, 0.4) is 0 Å². The first kappa shape index (κ1) is 14.1. The van der Waals surface area contributed by atoms with Crippen molar-refractivity contribution >= 4 is 6.29 Å². The van der Waals surface area contributed by atoms with Gasteiger partial charge in [0.25, 0.3) is 0 Å². The molecule has 0 bridgehead atoms. The van der Waals surface area contributed by atoms with Crippen LogP contribution in [0.5, 0.6) is 0 Å². The molecule has 0 saturated heterocycles. The zero-order valence-corrected chi connectivity index (χ0v) is 12.6. The summed E-state index contributed by atoms with van der Waals surface area (Å²) in [6.07, 6.45) is 7.52. The molecule has 0 N–H and O–H groups in total. The summed E-state index contributed by atoms with van der Waals surface area (Å²) >= 11 is 0. The van der Waals surface area contributed by atoms with Crippen LogP contribution in [0.2, 0.25) is 0 Å². The Kier molecular flexibility index (Phi) is 3.92. The lowest BCUT2D eigenvalue weighted by molar-refractivity contribution is 0.112. The van der Waals surface area contributed by atoms with E-state index < -0.39 is 0 Å². The Balaban J connectivity index is 1.97. The maximum atomic E-state index is 11.0. The lowest BCUT2D eigenvalue weighted by Crippen LogP contribution is -2.24. The maximum absolute atomic E-state index is 11.0. The van der Waals surface area contributed by atoms with E-state index in [-0.39, 0.29) is 0 Å². The highest BCUT2D eigenvalue weighted by molar-refractivity contribution is 5.79. The Morgan fingerprint density at radius 1 is 0.905 bits per heavy atom. The normalized spacial score (nSPS) is 17.4. The molecule has 0 aromatic heterocycles. The zero-order chi connectivity index (χ0) is 14.7. The maximum Gasteiger partial charge on any atom is 0.150 e. The molecule has 2 aromatic rings. The predicted octanol–water partition coefficient (Wildman–Crippen LogP) is 5.39. The van der Waals surface area contributed by atoms with Gasteiger partial charge in [0.15, 0.2) is 0 Å². The van der Waals surface area contributed by atoms with Crippen molar-refractivity contribution in [1.29, 1.82) is 0 Å². The summed E-state index contributed by atoms with van der Waals surface area (Å²) in [6, 6.07) is 16.7. The molecule has 0 aliphatic heterocycles. The van der Waals surface area contributed by atoms with Gasteiger partial charge in [-0.2, -0.15) is 0 Å². The van der Waals surface area contributed by atoms with E-state index in [0.29, 0.717) is 5.41 Å². The fourth-order valence-corrected chi connectivity index (χ4v) is 3.49. The van der Waals surface area contributed by atoms with Crippen molar-refractivity contribution in [2.45, 2.75) is 44.4 Å². The van der Waals surface area contributed by atoms with Crippen LogP contribution in [-0.4, -0.2) is 6.29 Å². The highest BCUT2D eigenvalue weighted by Gasteiger charge is 2.28. The Bertz CT molecular complexity index is 636. The summed E-state index contributed by atoms with van der Waals surface area (Å²) in [5, 5.41) is 0. The van der Waals surface area contributed by atoms with Crippen molar-refractivity contribution in [3.05, 3.63) is 59.7 Å². The first-order valence-electron chi connectivity index (χ1n) is 7.87. The van der Waals surface area contributed by atoms with Crippen LogP contribution in [0.4, 0.5) is 0 Å². The molecule has 1 nitrogen and oxygen atoms in total. The zero-order valence-electron chi connectivity index (χ0n) is 12.6. The summed E-state index contributed by atoms with van der Waals surface area (Å²) < 4.78 is 0. The van der Waals surface area contributed by atoms with E-state index in [1.807, 2.05) is 18.2 Å². The topological polar surface area (TPSA) is 17.1 Å². The minimum atomic E-state index is 0.316. The Morgan fingerprint density at radius 2 is 1.57 bits per heavy atom. The average molecular weight is 278 g/mol. The van der Waals surface area contributed by atoms with Gasteiger partial charge in [-0.05, 0) is 41.0 Å². The Hall–Kier alpha value is -1.89. The predicted molar refractivity (Wildman–Crippen MR) is 87.7 cm³/mol. The van der Waals surface area contributed by atoms with Gasteiger partial charge in [0.1, 0.15) is 6.29 Å². The molecular weight excluding hydrogens is 256 g/mol. The lowest BCUT2D eigenvalue weighted by atomic mass is 9.70. The number of benzene rings is 2. The van der Waals surface area contributed by atoms with Crippen LogP contribution < -0.4 is 0 Å². The first-order valence-corrected chi connectivity index (χ1v) is 7.87. The van der Waals surface area contributed by atoms with Gasteiger partial charge in [-0.1, -0.05) is 68.7 Å². The third-order valence-electron chi connectivity index (χ3n) is 4.87. The molecule has 1 fully saturated rings. The van der Waals surface area contributed by atoms with E-state index in [0.717, 1.165) is 17.4 Å². The summed E-state index contributed by atoms with van der Waals surface area (Å²) in [6.45, 7) is 2.40. The van der Waals surface area contributed by atoms with Crippen LogP contribution in [0, 0.1) is 0 Å². The van der Waals surface area contributed by atoms with E-state index in [1.54, 1.807) is 0 Å². The second-order valence-corrected chi connectivity index (χ2v) is 6.45. The summed E-state index contributed by atoms with van der Waals surface area (Å²) in [5.74, 6) is 0. The van der Waals surface area contributed by atoms with Gasteiger partial charge in [0, 0.05) is 5.56 Å². The SMILES string of the molecule is CC1(c2cccc(-c3cccc(C=O)c3)c2)CCCCC1. The number of carbonyl (C=O) groups excluding carboxylic acids is 1. The lowest BCUT2D eigenvalue weighted by Gasteiger charge is -2.34. The number of aldehydes is 1. The summed E-state index contributed by atoms with van der Waals surface area (Å²) in [4.78, 5) is 11.0. The van der Waals surface area contributed by atoms with Gasteiger partial charge < -0.3 is 0 Å². The van der Waals surface area contributed by atoms with Gasteiger partial charge in [0.2, 0.25) is 0 Å². The van der Waals surface area contributed by atoms with Crippen LogP contribution in [0.15, 0.2) is 48.5 Å². The molecule has 0 spiro atoms. The van der Waals surface area contributed by atoms with Gasteiger partial charge in [-0.25, -0.2) is 0 Å². The van der Waals surface area contributed by atoms with E-state index in [2.05, 4.69) is 37.3 Å². The van der Waals surface area contributed by atoms with E-state index >= 15 is 0 Å². The van der Waals surface area contributed by atoms with E-state index in [1.165, 1.54) is 43.2 Å². The van der Waals surface area contributed by atoms with Crippen molar-refractivity contribution in [3.8, 4) is 11.1 Å². The molecule has 1 heteroatoms. The monoisotopic (exact) mass is 278 g/mol. The standard InChI is InChI=1S/C20H22O/c1-20(11-3-2-4-12-20)19-10-6-9-18(14-19)17-8-5-7-16(13-17)15-21/h5-10,13-15H,2-4,11-12H2,1H3. The quantitative estimate of drug-likeness (QED) is 0.688. The molecule has 1 aliphatic rings. The fourth-order valence-electron chi connectivity index (χ4n) is 3.49. The fraction of sp³-hybridized carbons (Fsp3) is 0.350. The third-order valence-corrected chi connectivity index (χ3v) is 4.87. The second-order valence-electron chi connectivity index (χ2n) is 6.45. The molecule has 0 unspecified atom stereocenters. The molecule has 0 atom stereocenters. The van der Waals surface area contributed by atoms with Crippen molar-refractivity contribution in [3.63, 3.8) is 0 Å². The molecule has 0 radical (unpaired) electrons. The molecule has 1 aliphatic carbocycles. The number of hydrogen-bond acceptors (Lipinski definition) is 1. The van der Waals surface area contributed by atoms with Crippen molar-refractivity contribution in [1.82, 2.24) is 0 Å². The third kappa shape index (κ3) is 2.92. The van der Waals surface area contributed by atoms with Gasteiger partial charge in [0.05, 0.1) is 0 Å². The van der Waals surface area contributed by atoms with Gasteiger partial charge in [-0.15, -0.1) is 0 Å². The molecule has 0 heterocycles. The second kappa shape index (κ2) is 5.85. The molecule has 2 aromatic carbocycles. The smallest absolute Gasteiger partial charge is 0.150 e. The largest absolute Gasteiger partial charge is 0.298 e. The first-order chi connectivity index (χ1) is 10.2. The molecule has 108 valence electrons. The minimum Gasteiger partial charge on any atom is -0.298 e. The molecule has 3 rings (SSSR count). The molecular formula is C20H22O. The van der Waals surface area contributed by atoms with E-state index in [9.17, 15) is 4.79 Å². The van der Waals surface area contributed by atoms with Gasteiger partial charge >= 0.3 is 0 Å². The van der Waals surface area contributed by atoms with E-state index in [4.69, 9.17) is 0 Å². The average Bonchev–Trinajstić information content (AvgIpc) is 2.56. The van der Waals surface area contributed by atoms with Crippen molar-refractivity contribution in [2.75, 3.05) is 0 Å². The van der Waals surface area contributed by atoms with Crippen LogP contribution >= 0.6 is 0 Å². The van der Waals surface area contributed by atoms with Crippen molar-refractivity contribution in [2.24, 2.45) is 0 Å². The van der Waals surface area contributed by atoms with Gasteiger partial charge in [-0.3, -0.25) is 4.79 Å². The highest BCUT2D eigenvalue weighted by Crippen LogP contribution is 2.40. The van der Waals surface area contributed by atoms with Crippen LogP contribution in [0.25, 0.3) is 11.1 Å². The van der Waals surface area contributed by atoms with Crippen molar-refractivity contribution < 1.29 is 4.79 Å². The summed E-state index contributed by atoms with van der Waals surface area (Å²) in [7, 11) is 0. The van der Waals surface area contributed by atoms with Crippen LogP contribution in [-0.2, 0) is 5.41 Å². The Labute approximate surface area is 127 Å². The number of rotatable bonds is 3. The van der Waals surface area contributed by atoms with Crippen LogP contribution in [0.1, 0.15) is 54.9 Å². The number of hydrogen-bond donors (Lipinski definition) is 0.